The predicted octanol–water partition coefficient (Wildman–Crippen LogP) is 2.54. The Morgan fingerprint density at radius 1 is 1.21 bits per heavy atom. The lowest BCUT2D eigenvalue weighted by molar-refractivity contribution is 0.628. The van der Waals surface area contributed by atoms with Crippen molar-refractivity contribution < 1.29 is 4.39 Å². The summed E-state index contributed by atoms with van der Waals surface area (Å²) in [4.78, 5) is 14.7. The summed E-state index contributed by atoms with van der Waals surface area (Å²) in [5.74, 6) is -0.330. The minimum atomic E-state index is -0.359. The van der Waals surface area contributed by atoms with Crippen LogP contribution in [-0.2, 0) is 12.8 Å². The van der Waals surface area contributed by atoms with Gasteiger partial charge in [0.25, 0.3) is 5.56 Å². The molecule has 0 amide bonds. The van der Waals surface area contributed by atoms with Gasteiger partial charge >= 0.3 is 0 Å². The number of nitrogens with one attached hydrogen (secondary N) is 1. The van der Waals surface area contributed by atoms with E-state index in [2.05, 4.69) is 4.98 Å². The number of pyridine rings is 1. The van der Waals surface area contributed by atoms with Crippen molar-refractivity contribution in [3.05, 3.63) is 57.3 Å². The SMILES string of the molecule is N#Cc1c(-c2ccc(F)cc2)c2c([nH]c1=O)CCC2. The fourth-order valence-electron chi connectivity index (χ4n) is 2.66. The van der Waals surface area contributed by atoms with Crippen molar-refractivity contribution in [1.29, 1.82) is 5.26 Å². The highest BCUT2D eigenvalue weighted by Crippen LogP contribution is 2.32. The Kier molecular flexibility index (Phi) is 2.68. The van der Waals surface area contributed by atoms with Crippen LogP contribution in [0.3, 0.4) is 0 Å². The van der Waals surface area contributed by atoms with Crippen LogP contribution >= 0.6 is 0 Å². The van der Waals surface area contributed by atoms with Crippen LogP contribution < -0.4 is 5.56 Å². The van der Waals surface area contributed by atoms with Gasteiger partial charge in [0.05, 0.1) is 0 Å². The average molecular weight is 254 g/mol. The summed E-state index contributed by atoms with van der Waals surface area (Å²) < 4.78 is 13.0. The third-order valence-electron chi connectivity index (χ3n) is 3.51. The minimum Gasteiger partial charge on any atom is -0.325 e. The van der Waals surface area contributed by atoms with E-state index in [0.29, 0.717) is 5.56 Å². The first-order valence-corrected chi connectivity index (χ1v) is 6.15. The van der Waals surface area contributed by atoms with Crippen LogP contribution in [0.15, 0.2) is 29.1 Å². The number of nitrogens with zero attached hydrogens (tertiary/aromatic N) is 1. The van der Waals surface area contributed by atoms with Crippen LogP contribution in [0.1, 0.15) is 23.2 Å². The number of aryl methyl sites for hydroxylation is 1. The van der Waals surface area contributed by atoms with Crippen molar-refractivity contribution in [2.24, 2.45) is 0 Å². The van der Waals surface area contributed by atoms with E-state index in [-0.39, 0.29) is 16.9 Å². The number of hydrogen-bond donors (Lipinski definition) is 1. The summed E-state index contributed by atoms with van der Waals surface area (Å²) in [7, 11) is 0. The van der Waals surface area contributed by atoms with Crippen molar-refractivity contribution in [1.82, 2.24) is 4.98 Å². The third kappa shape index (κ3) is 1.84. The average Bonchev–Trinajstić information content (AvgIpc) is 2.86. The number of aromatic nitrogens is 1. The number of hydrogen-bond acceptors (Lipinski definition) is 2. The summed E-state index contributed by atoms with van der Waals surface area (Å²) in [5, 5.41) is 9.20. The van der Waals surface area contributed by atoms with E-state index in [0.717, 1.165) is 36.1 Å². The molecule has 0 bridgehead atoms. The molecule has 0 unspecified atom stereocenters. The van der Waals surface area contributed by atoms with Gasteiger partial charge in [0.2, 0.25) is 0 Å². The molecule has 4 heteroatoms. The first kappa shape index (κ1) is 11.7. The van der Waals surface area contributed by atoms with E-state index >= 15 is 0 Å². The zero-order valence-corrected chi connectivity index (χ0v) is 10.2. The van der Waals surface area contributed by atoms with Gasteiger partial charge in [-0.15, -0.1) is 0 Å². The monoisotopic (exact) mass is 254 g/mol. The second kappa shape index (κ2) is 4.36. The molecular weight excluding hydrogens is 243 g/mol. The summed E-state index contributed by atoms with van der Waals surface area (Å²) in [6.07, 6.45) is 2.63. The highest BCUT2D eigenvalue weighted by atomic mass is 19.1. The number of aromatic amines is 1. The first-order valence-electron chi connectivity index (χ1n) is 6.15. The zero-order valence-electron chi connectivity index (χ0n) is 10.2. The van der Waals surface area contributed by atoms with Gasteiger partial charge in [0.1, 0.15) is 17.4 Å². The molecule has 1 aliphatic carbocycles. The van der Waals surface area contributed by atoms with E-state index in [1.807, 2.05) is 6.07 Å². The van der Waals surface area contributed by atoms with Gasteiger partial charge in [-0.3, -0.25) is 4.79 Å². The van der Waals surface area contributed by atoms with E-state index in [4.69, 9.17) is 0 Å². The topological polar surface area (TPSA) is 56.6 Å². The number of rotatable bonds is 1. The molecule has 3 nitrogen and oxygen atoms in total. The Morgan fingerprint density at radius 2 is 1.95 bits per heavy atom. The molecule has 0 saturated carbocycles. The second-order valence-corrected chi connectivity index (χ2v) is 4.63. The van der Waals surface area contributed by atoms with Crippen molar-refractivity contribution in [3.8, 4) is 17.2 Å². The standard InChI is InChI=1S/C15H11FN2O/c16-10-6-4-9(5-7-10)14-11-2-1-3-13(11)18-15(19)12(14)8-17/h4-7H,1-3H2,(H,18,19). The lowest BCUT2D eigenvalue weighted by Crippen LogP contribution is -2.15. The Morgan fingerprint density at radius 3 is 2.63 bits per heavy atom. The molecule has 2 aromatic rings. The maximum absolute atomic E-state index is 13.0. The molecule has 3 rings (SSSR count). The van der Waals surface area contributed by atoms with Crippen LogP contribution in [-0.4, -0.2) is 4.98 Å². The van der Waals surface area contributed by atoms with Gasteiger partial charge in [-0.25, -0.2) is 4.39 Å². The molecule has 0 aliphatic heterocycles. The molecule has 0 fully saturated rings. The number of halogens is 1. The largest absolute Gasteiger partial charge is 0.325 e. The predicted molar refractivity (Wildman–Crippen MR) is 69.2 cm³/mol. The molecular formula is C15H11FN2O. The molecule has 0 radical (unpaired) electrons. The Bertz CT molecular complexity index is 738. The van der Waals surface area contributed by atoms with Gasteiger partial charge in [0, 0.05) is 11.3 Å². The maximum atomic E-state index is 13.0. The highest BCUT2D eigenvalue weighted by Gasteiger charge is 2.22. The van der Waals surface area contributed by atoms with Crippen molar-refractivity contribution >= 4 is 0 Å². The Hall–Kier alpha value is -2.41. The van der Waals surface area contributed by atoms with E-state index in [9.17, 15) is 14.4 Å². The van der Waals surface area contributed by atoms with E-state index in [1.165, 1.54) is 12.1 Å². The number of benzene rings is 1. The van der Waals surface area contributed by atoms with Crippen LogP contribution in [0.25, 0.3) is 11.1 Å². The molecule has 94 valence electrons. The van der Waals surface area contributed by atoms with Gasteiger partial charge < -0.3 is 4.98 Å². The Labute approximate surface area is 109 Å². The molecule has 1 aromatic heterocycles. The molecule has 19 heavy (non-hydrogen) atoms. The number of H-pyrrole nitrogens is 1. The van der Waals surface area contributed by atoms with Gasteiger partial charge in [-0.1, -0.05) is 12.1 Å². The van der Waals surface area contributed by atoms with Crippen LogP contribution in [0.2, 0.25) is 0 Å². The van der Waals surface area contributed by atoms with Crippen molar-refractivity contribution in [2.45, 2.75) is 19.3 Å². The number of fused-ring (bicyclic) bond motifs is 1. The lowest BCUT2D eigenvalue weighted by atomic mass is 9.95. The second-order valence-electron chi connectivity index (χ2n) is 4.63. The molecule has 1 heterocycles. The fraction of sp³-hybridized carbons (Fsp3) is 0.200. The molecule has 1 aromatic carbocycles. The molecule has 0 spiro atoms. The maximum Gasteiger partial charge on any atom is 0.266 e. The van der Waals surface area contributed by atoms with Gasteiger partial charge in [-0.2, -0.15) is 5.26 Å². The van der Waals surface area contributed by atoms with Crippen molar-refractivity contribution in [2.75, 3.05) is 0 Å². The summed E-state index contributed by atoms with van der Waals surface area (Å²) in [6, 6.07) is 7.89. The van der Waals surface area contributed by atoms with Crippen LogP contribution in [0.4, 0.5) is 4.39 Å². The quantitative estimate of drug-likeness (QED) is 0.850. The number of nitriles is 1. The van der Waals surface area contributed by atoms with Crippen molar-refractivity contribution in [3.63, 3.8) is 0 Å². The molecule has 1 aliphatic rings. The normalized spacial score (nSPS) is 13.1. The molecule has 0 atom stereocenters. The zero-order chi connectivity index (χ0) is 13.4. The first-order chi connectivity index (χ1) is 9.20. The highest BCUT2D eigenvalue weighted by molar-refractivity contribution is 5.74. The van der Waals surface area contributed by atoms with E-state index in [1.54, 1.807) is 12.1 Å². The smallest absolute Gasteiger partial charge is 0.266 e. The van der Waals surface area contributed by atoms with Gasteiger partial charge in [0.15, 0.2) is 0 Å². The van der Waals surface area contributed by atoms with E-state index < -0.39 is 0 Å². The molecule has 0 saturated heterocycles. The third-order valence-corrected chi connectivity index (χ3v) is 3.51. The lowest BCUT2D eigenvalue weighted by Gasteiger charge is -2.10. The minimum absolute atomic E-state index is 0.118. The molecule has 1 N–H and O–H groups in total. The summed E-state index contributed by atoms with van der Waals surface area (Å²) >= 11 is 0. The fourth-order valence-corrected chi connectivity index (χ4v) is 2.66. The van der Waals surface area contributed by atoms with Crippen LogP contribution in [0.5, 0.6) is 0 Å². The van der Waals surface area contributed by atoms with Gasteiger partial charge in [-0.05, 0) is 42.5 Å². The van der Waals surface area contributed by atoms with Crippen LogP contribution in [0, 0.1) is 17.1 Å². The summed E-state index contributed by atoms with van der Waals surface area (Å²) in [6.45, 7) is 0. The summed E-state index contributed by atoms with van der Waals surface area (Å²) in [5.41, 5.74) is 3.07. The Balaban J connectivity index is 2.34.